The van der Waals surface area contributed by atoms with Gasteiger partial charge in [-0.15, -0.1) is 0 Å². The number of aromatic nitrogens is 3. The molecule has 0 atom stereocenters. The minimum Gasteiger partial charge on any atom is -0.507 e. The van der Waals surface area contributed by atoms with Crippen LogP contribution in [0, 0.1) is 12.8 Å². The maximum atomic E-state index is 10.1. The van der Waals surface area contributed by atoms with Crippen molar-refractivity contribution in [3.63, 3.8) is 0 Å². The van der Waals surface area contributed by atoms with Crippen LogP contribution in [-0.2, 0) is 12.8 Å². The molecule has 1 aromatic carbocycles. The zero-order chi connectivity index (χ0) is 19.6. The molecule has 3 aromatic rings. The van der Waals surface area contributed by atoms with Gasteiger partial charge < -0.3 is 14.4 Å². The molecule has 0 saturated heterocycles. The molecule has 0 spiro atoms. The Kier molecular flexibility index (Phi) is 5.44. The van der Waals surface area contributed by atoms with Crippen LogP contribution in [-0.4, -0.2) is 27.3 Å². The maximum Gasteiger partial charge on any atom is 0.276 e. The standard InChI is InChI=1S/C21H25N3O3/c1-6-14-9-15(8-13(4)19(14)25)20-23-21(27-24-20)18-11-17(26-5)10-16(22-18)7-12(2)3/h8-12,25H,6-7H2,1-5H3. The molecule has 6 heteroatoms. The lowest BCUT2D eigenvalue weighted by molar-refractivity contribution is 0.411. The SMILES string of the molecule is CCc1cc(-c2noc(-c3cc(OC)cc(CC(C)C)n3)n2)cc(C)c1O. The summed E-state index contributed by atoms with van der Waals surface area (Å²) in [6, 6.07) is 7.46. The average Bonchev–Trinajstić information content (AvgIpc) is 3.13. The second kappa shape index (κ2) is 7.78. The highest BCUT2D eigenvalue weighted by atomic mass is 16.5. The van der Waals surface area contributed by atoms with E-state index in [2.05, 4.69) is 29.0 Å². The van der Waals surface area contributed by atoms with E-state index in [-0.39, 0.29) is 0 Å². The maximum absolute atomic E-state index is 10.1. The summed E-state index contributed by atoms with van der Waals surface area (Å²) in [6.45, 7) is 8.14. The molecule has 0 aliphatic heterocycles. The monoisotopic (exact) mass is 367 g/mol. The Bertz CT molecular complexity index is 948. The second-order valence-electron chi connectivity index (χ2n) is 7.06. The van der Waals surface area contributed by atoms with Crippen molar-refractivity contribution in [1.82, 2.24) is 15.1 Å². The molecule has 142 valence electrons. The third-order valence-electron chi connectivity index (χ3n) is 4.37. The van der Waals surface area contributed by atoms with Gasteiger partial charge in [-0.05, 0) is 48.9 Å². The predicted molar refractivity (Wildman–Crippen MR) is 104 cm³/mol. The summed E-state index contributed by atoms with van der Waals surface area (Å²) in [6.07, 6.45) is 1.56. The first-order chi connectivity index (χ1) is 12.9. The summed E-state index contributed by atoms with van der Waals surface area (Å²) >= 11 is 0. The lowest BCUT2D eigenvalue weighted by atomic mass is 10.0. The molecular weight excluding hydrogens is 342 g/mol. The van der Waals surface area contributed by atoms with E-state index < -0.39 is 0 Å². The summed E-state index contributed by atoms with van der Waals surface area (Å²) < 4.78 is 10.9. The van der Waals surface area contributed by atoms with Gasteiger partial charge in [-0.25, -0.2) is 4.98 Å². The lowest BCUT2D eigenvalue weighted by Crippen LogP contribution is -2.00. The van der Waals surface area contributed by atoms with Crippen molar-refractivity contribution in [3.05, 3.63) is 41.1 Å². The molecule has 0 unspecified atom stereocenters. The van der Waals surface area contributed by atoms with E-state index in [1.54, 1.807) is 13.2 Å². The Morgan fingerprint density at radius 3 is 2.59 bits per heavy atom. The number of phenols is 1. The number of phenolic OH excluding ortho intramolecular Hbond substituents is 1. The van der Waals surface area contributed by atoms with Gasteiger partial charge in [0.1, 0.15) is 17.2 Å². The van der Waals surface area contributed by atoms with Crippen molar-refractivity contribution in [2.24, 2.45) is 5.92 Å². The number of pyridine rings is 1. The first-order valence-electron chi connectivity index (χ1n) is 9.13. The van der Waals surface area contributed by atoms with E-state index in [0.29, 0.717) is 34.8 Å². The molecule has 2 heterocycles. The Balaban J connectivity index is 2.00. The highest BCUT2D eigenvalue weighted by Gasteiger charge is 2.16. The van der Waals surface area contributed by atoms with Crippen molar-refractivity contribution in [2.75, 3.05) is 7.11 Å². The zero-order valence-electron chi connectivity index (χ0n) is 16.4. The average molecular weight is 367 g/mol. The van der Waals surface area contributed by atoms with Crippen LogP contribution in [0.3, 0.4) is 0 Å². The van der Waals surface area contributed by atoms with Crippen LogP contribution in [0.5, 0.6) is 11.5 Å². The summed E-state index contributed by atoms with van der Waals surface area (Å²) in [5, 5.41) is 14.2. The lowest BCUT2D eigenvalue weighted by Gasteiger charge is -2.08. The van der Waals surface area contributed by atoms with Crippen LogP contribution in [0.1, 0.15) is 37.6 Å². The third kappa shape index (κ3) is 4.10. The summed E-state index contributed by atoms with van der Waals surface area (Å²) in [5.74, 6) is 2.32. The van der Waals surface area contributed by atoms with Gasteiger partial charge in [-0.3, -0.25) is 0 Å². The topological polar surface area (TPSA) is 81.3 Å². The fourth-order valence-corrected chi connectivity index (χ4v) is 3.01. The van der Waals surface area contributed by atoms with Gasteiger partial charge in [0.05, 0.1) is 7.11 Å². The van der Waals surface area contributed by atoms with Crippen molar-refractivity contribution < 1.29 is 14.4 Å². The van der Waals surface area contributed by atoms with E-state index in [4.69, 9.17) is 9.26 Å². The molecule has 0 bridgehead atoms. The molecule has 0 aliphatic carbocycles. The number of rotatable bonds is 6. The number of aromatic hydroxyl groups is 1. The molecule has 27 heavy (non-hydrogen) atoms. The Morgan fingerprint density at radius 2 is 1.93 bits per heavy atom. The molecule has 6 nitrogen and oxygen atoms in total. The second-order valence-corrected chi connectivity index (χ2v) is 7.06. The number of aryl methyl sites for hydroxylation is 2. The number of hydrogen-bond acceptors (Lipinski definition) is 6. The summed E-state index contributed by atoms with van der Waals surface area (Å²) in [5.41, 5.74) is 3.97. The minimum atomic E-state index is 0.317. The van der Waals surface area contributed by atoms with Gasteiger partial charge in [0.2, 0.25) is 5.82 Å². The van der Waals surface area contributed by atoms with Gasteiger partial charge in [-0.2, -0.15) is 4.98 Å². The number of nitrogens with zero attached hydrogens (tertiary/aromatic N) is 3. The van der Waals surface area contributed by atoms with E-state index in [1.165, 1.54) is 0 Å². The number of benzene rings is 1. The first kappa shape index (κ1) is 18.9. The molecule has 2 aromatic heterocycles. The highest BCUT2D eigenvalue weighted by Crippen LogP contribution is 2.30. The quantitative estimate of drug-likeness (QED) is 0.687. The minimum absolute atomic E-state index is 0.317. The number of ether oxygens (including phenoxy) is 1. The molecule has 1 N–H and O–H groups in total. The van der Waals surface area contributed by atoms with Gasteiger partial charge in [0, 0.05) is 23.4 Å². The smallest absolute Gasteiger partial charge is 0.276 e. The van der Waals surface area contributed by atoms with E-state index in [9.17, 15) is 5.11 Å². The Hall–Kier alpha value is -2.89. The zero-order valence-corrected chi connectivity index (χ0v) is 16.4. The van der Waals surface area contributed by atoms with Gasteiger partial charge in [-0.1, -0.05) is 25.9 Å². The summed E-state index contributed by atoms with van der Waals surface area (Å²) in [7, 11) is 1.63. The van der Waals surface area contributed by atoms with E-state index >= 15 is 0 Å². The fraction of sp³-hybridized carbons (Fsp3) is 0.381. The molecule has 0 fully saturated rings. The molecule has 0 radical (unpaired) electrons. The van der Waals surface area contributed by atoms with Crippen LogP contribution >= 0.6 is 0 Å². The predicted octanol–water partition coefficient (Wildman–Crippen LogP) is 4.58. The first-order valence-corrected chi connectivity index (χ1v) is 9.13. The molecule has 0 amide bonds. The number of methoxy groups -OCH3 is 1. The van der Waals surface area contributed by atoms with E-state index in [1.807, 2.05) is 32.0 Å². The molecular formula is C21H25N3O3. The van der Waals surface area contributed by atoms with Gasteiger partial charge in [0.25, 0.3) is 5.89 Å². The summed E-state index contributed by atoms with van der Waals surface area (Å²) in [4.78, 5) is 9.16. The third-order valence-corrected chi connectivity index (χ3v) is 4.37. The van der Waals surface area contributed by atoms with Crippen LogP contribution < -0.4 is 4.74 Å². The molecule has 0 aliphatic rings. The van der Waals surface area contributed by atoms with Crippen molar-refractivity contribution in [3.8, 4) is 34.5 Å². The van der Waals surface area contributed by atoms with Crippen LogP contribution in [0.25, 0.3) is 23.0 Å². The Labute approximate surface area is 159 Å². The Morgan fingerprint density at radius 1 is 1.15 bits per heavy atom. The van der Waals surface area contributed by atoms with Crippen molar-refractivity contribution in [1.29, 1.82) is 0 Å². The van der Waals surface area contributed by atoms with Gasteiger partial charge >= 0.3 is 0 Å². The van der Waals surface area contributed by atoms with Crippen molar-refractivity contribution >= 4 is 0 Å². The van der Waals surface area contributed by atoms with Gasteiger partial charge in [0.15, 0.2) is 0 Å². The molecule has 0 saturated carbocycles. The van der Waals surface area contributed by atoms with Crippen LogP contribution in [0.4, 0.5) is 0 Å². The van der Waals surface area contributed by atoms with Crippen molar-refractivity contribution in [2.45, 2.75) is 40.5 Å². The van der Waals surface area contributed by atoms with Crippen LogP contribution in [0.15, 0.2) is 28.8 Å². The highest BCUT2D eigenvalue weighted by molar-refractivity contribution is 5.63. The van der Waals surface area contributed by atoms with E-state index in [0.717, 1.165) is 35.2 Å². The normalized spacial score (nSPS) is 11.2. The number of hydrogen-bond donors (Lipinski definition) is 1. The fourth-order valence-electron chi connectivity index (χ4n) is 3.01. The molecule has 3 rings (SSSR count). The van der Waals surface area contributed by atoms with Crippen LogP contribution in [0.2, 0.25) is 0 Å². The largest absolute Gasteiger partial charge is 0.507 e.